The van der Waals surface area contributed by atoms with E-state index in [-0.39, 0.29) is 0 Å². The lowest BCUT2D eigenvalue weighted by atomic mass is 9.90. The molecule has 3 atom stereocenters. The van der Waals surface area contributed by atoms with Gasteiger partial charge >= 0.3 is 0 Å². The SMILES string of the molecule is C[C@@H]1CN(C)[C@@H](C)C[C@@H]1NCc1ccccc1. The third kappa shape index (κ3) is 3.30. The molecular formula is C15H24N2. The van der Waals surface area contributed by atoms with Crippen LogP contribution in [0.2, 0.25) is 0 Å². The molecule has 0 unspecified atom stereocenters. The van der Waals surface area contributed by atoms with Crippen molar-refractivity contribution in [3.05, 3.63) is 35.9 Å². The van der Waals surface area contributed by atoms with Crippen molar-refractivity contribution in [3.63, 3.8) is 0 Å². The topological polar surface area (TPSA) is 15.3 Å². The summed E-state index contributed by atoms with van der Waals surface area (Å²) < 4.78 is 0. The van der Waals surface area contributed by atoms with Crippen LogP contribution in [0.15, 0.2) is 30.3 Å². The Balaban J connectivity index is 1.87. The second-order valence-corrected chi connectivity index (χ2v) is 5.47. The molecule has 2 rings (SSSR count). The maximum atomic E-state index is 3.71. The minimum Gasteiger partial charge on any atom is -0.310 e. The summed E-state index contributed by atoms with van der Waals surface area (Å²) in [6, 6.07) is 12.0. The molecule has 1 aromatic rings. The van der Waals surface area contributed by atoms with Crippen molar-refractivity contribution >= 4 is 0 Å². The average Bonchev–Trinajstić information content (AvgIpc) is 2.33. The van der Waals surface area contributed by atoms with Crippen LogP contribution < -0.4 is 5.32 Å². The van der Waals surface area contributed by atoms with Crippen molar-refractivity contribution < 1.29 is 0 Å². The Hall–Kier alpha value is -0.860. The first-order valence-electron chi connectivity index (χ1n) is 6.64. The molecule has 0 amide bonds. The highest BCUT2D eigenvalue weighted by Gasteiger charge is 2.28. The summed E-state index contributed by atoms with van der Waals surface area (Å²) in [6.07, 6.45) is 1.25. The number of nitrogens with one attached hydrogen (secondary N) is 1. The lowest BCUT2D eigenvalue weighted by Crippen LogP contribution is -2.50. The van der Waals surface area contributed by atoms with E-state index in [2.05, 4.69) is 61.4 Å². The molecule has 0 saturated carbocycles. The van der Waals surface area contributed by atoms with Crippen molar-refractivity contribution in [2.75, 3.05) is 13.6 Å². The van der Waals surface area contributed by atoms with Gasteiger partial charge < -0.3 is 10.2 Å². The molecule has 1 aliphatic rings. The zero-order valence-electron chi connectivity index (χ0n) is 11.2. The fraction of sp³-hybridized carbons (Fsp3) is 0.600. The molecule has 1 heterocycles. The van der Waals surface area contributed by atoms with E-state index in [1.165, 1.54) is 18.5 Å². The van der Waals surface area contributed by atoms with Gasteiger partial charge in [-0.15, -0.1) is 0 Å². The Morgan fingerprint density at radius 2 is 1.94 bits per heavy atom. The molecule has 0 radical (unpaired) electrons. The minimum atomic E-state index is 0.654. The molecule has 2 nitrogen and oxygen atoms in total. The molecule has 0 bridgehead atoms. The summed E-state index contributed by atoms with van der Waals surface area (Å²) in [5, 5.41) is 3.71. The van der Waals surface area contributed by atoms with E-state index in [1.807, 2.05) is 0 Å². The average molecular weight is 232 g/mol. The molecule has 94 valence electrons. The van der Waals surface area contributed by atoms with Crippen molar-refractivity contribution in [1.29, 1.82) is 0 Å². The Bertz CT molecular complexity index is 336. The van der Waals surface area contributed by atoms with Gasteiger partial charge in [0.25, 0.3) is 0 Å². The molecule has 17 heavy (non-hydrogen) atoms. The van der Waals surface area contributed by atoms with Crippen LogP contribution in [0.1, 0.15) is 25.8 Å². The van der Waals surface area contributed by atoms with Crippen LogP contribution in [-0.4, -0.2) is 30.6 Å². The summed E-state index contributed by atoms with van der Waals surface area (Å²) in [5.74, 6) is 0.736. The first kappa shape index (κ1) is 12.6. The largest absolute Gasteiger partial charge is 0.310 e. The molecule has 0 aliphatic carbocycles. The van der Waals surface area contributed by atoms with Gasteiger partial charge in [0.2, 0.25) is 0 Å². The van der Waals surface area contributed by atoms with Crippen LogP contribution in [0.4, 0.5) is 0 Å². The Labute approximate surface area is 105 Å². The molecule has 0 aromatic heterocycles. The lowest BCUT2D eigenvalue weighted by Gasteiger charge is -2.40. The number of hydrogen-bond donors (Lipinski definition) is 1. The number of hydrogen-bond acceptors (Lipinski definition) is 2. The lowest BCUT2D eigenvalue weighted by molar-refractivity contribution is 0.121. The van der Waals surface area contributed by atoms with Gasteiger partial charge in [0.05, 0.1) is 0 Å². The first-order chi connectivity index (χ1) is 8.16. The van der Waals surface area contributed by atoms with Crippen LogP contribution in [0, 0.1) is 5.92 Å². The Morgan fingerprint density at radius 1 is 1.24 bits per heavy atom. The van der Waals surface area contributed by atoms with Gasteiger partial charge in [-0.2, -0.15) is 0 Å². The Morgan fingerprint density at radius 3 is 2.65 bits per heavy atom. The van der Waals surface area contributed by atoms with Crippen LogP contribution in [0.25, 0.3) is 0 Å². The second-order valence-electron chi connectivity index (χ2n) is 5.47. The maximum Gasteiger partial charge on any atom is 0.0208 e. The normalized spacial score (nSPS) is 30.4. The summed E-state index contributed by atoms with van der Waals surface area (Å²) in [7, 11) is 2.23. The second kappa shape index (κ2) is 5.65. The highest BCUT2D eigenvalue weighted by Crippen LogP contribution is 2.20. The van der Waals surface area contributed by atoms with Crippen LogP contribution in [0.3, 0.4) is 0 Å². The van der Waals surface area contributed by atoms with E-state index >= 15 is 0 Å². The zero-order chi connectivity index (χ0) is 12.3. The zero-order valence-corrected chi connectivity index (χ0v) is 11.2. The fourth-order valence-corrected chi connectivity index (χ4v) is 2.67. The first-order valence-corrected chi connectivity index (χ1v) is 6.64. The quantitative estimate of drug-likeness (QED) is 0.861. The number of benzene rings is 1. The summed E-state index contributed by atoms with van der Waals surface area (Å²) in [4.78, 5) is 2.46. The van der Waals surface area contributed by atoms with Crippen molar-refractivity contribution in [2.45, 2.75) is 38.9 Å². The Kier molecular flexibility index (Phi) is 4.19. The van der Waals surface area contributed by atoms with Crippen molar-refractivity contribution in [1.82, 2.24) is 10.2 Å². The van der Waals surface area contributed by atoms with E-state index in [0.29, 0.717) is 12.1 Å². The van der Waals surface area contributed by atoms with Gasteiger partial charge in [0.1, 0.15) is 0 Å². The van der Waals surface area contributed by atoms with E-state index in [0.717, 1.165) is 12.5 Å². The number of nitrogens with zero attached hydrogens (tertiary/aromatic N) is 1. The molecular weight excluding hydrogens is 208 g/mol. The van der Waals surface area contributed by atoms with Gasteiger partial charge in [-0.25, -0.2) is 0 Å². The van der Waals surface area contributed by atoms with E-state index in [4.69, 9.17) is 0 Å². The molecule has 0 spiro atoms. The number of rotatable bonds is 3. The fourth-order valence-electron chi connectivity index (χ4n) is 2.67. The standard InChI is InChI=1S/C15H24N2/c1-12-11-17(3)13(2)9-15(12)16-10-14-7-5-4-6-8-14/h4-8,12-13,15-16H,9-11H2,1-3H3/t12-,13+,15+/m1/s1. The van der Waals surface area contributed by atoms with Gasteiger partial charge in [0.15, 0.2) is 0 Å². The molecule has 1 fully saturated rings. The van der Waals surface area contributed by atoms with Gasteiger partial charge in [-0.3, -0.25) is 0 Å². The highest BCUT2D eigenvalue weighted by atomic mass is 15.2. The van der Waals surface area contributed by atoms with Crippen LogP contribution >= 0.6 is 0 Å². The molecule has 1 N–H and O–H groups in total. The molecule has 1 saturated heterocycles. The highest BCUT2D eigenvalue weighted by molar-refractivity contribution is 5.14. The van der Waals surface area contributed by atoms with E-state index in [9.17, 15) is 0 Å². The third-order valence-electron chi connectivity index (χ3n) is 4.02. The van der Waals surface area contributed by atoms with Gasteiger partial charge in [-0.05, 0) is 31.9 Å². The summed E-state index contributed by atoms with van der Waals surface area (Å²) in [5.41, 5.74) is 1.38. The van der Waals surface area contributed by atoms with Gasteiger partial charge in [-0.1, -0.05) is 37.3 Å². The minimum absolute atomic E-state index is 0.654. The number of likely N-dealkylation sites (tertiary alicyclic amines) is 1. The van der Waals surface area contributed by atoms with Gasteiger partial charge in [0, 0.05) is 25.2 Å². The predicted molar refractivity (Wildman–Crippen MR) is 72.9 cm³/mol. The number of piperidine rings is 1. The van der Waals surface area contributed by atoms with E-state index in [1.54, 1.807) is 0 Å². The van der Waals surface area contributed by atoms with Crippen molar-refractivity contribution in [2.24, 2.45) is 5.92 Å². The smallest absolute Gasteiger partial charge is 0.0208 e. The molecule has 1 aliphatic heterocycles. The summed E-state index contributed by atoms with van der Waals surface area (Å²) in [6.45, 7) is 6.87. The van der Waals surface area contributed by atoms with Crippen molar-refractivity contribution in [3.8, 4) is 0 Å². The van der Waals surface area contributed by atoms with E-state index < -0.39 is 0 Å². The summed E-state index contributed by atoms with van der Waals surface area (Å²) >= 11 is 0. The predicted octanol–water partition coefficient (Wildman–Crippen LogP) is 2.50. The van der Waals surface area contributed by atoms with Crippen LogP contribution in [-0.2, 0) is 6.54 Å². The monoisotopic (exact) mass is 232 g/mol. The third-order valence-corrected chi connectivity index (χ3v) is 4.02. The molecule has 1 aromatic carbocycles. The molecule has 2 heteroatoms. The maximum absolute atomic E-state index is 3.71. The van der Waals surface area contributed by atoms with Crippen LogP contribution in [0.5, 0.6) is 0 Å².